The molecule has 5 heteroatoms. The molecule has 5 nitrogen and oxygen atoms in total. The predicted molar refractivity (Wildman–Crippen MR) is 81.1 cm³/mol. The number of benzene rings is 1. The van der Waals surface area contributed by atoms with Gasteiger partial charge in [-0.25, -0.2) is 4.79 Å². The number of nitrogens with one attached hydrogen (secondary N) is 1. The number of nitrogens with zero attached hydrogens (tertiary/aromatic N) is 1. The Labute approximate surface area is 126 Å². The highest BCUT2D eigenvalue weighted by atomic mass is 16.5. The lowest BCUT2D eigenvalue weighted by molar-refractivity contribution is 0.121. The predicted octanol–water partition coefficient (Wildman–Crippen LogP) is 1.88. The Hall–Kier alpha value is -1.59. The molecule has 0 radical (unpaired) electrons. The van der Waals surface area contributed by atoms with Crippen molar-refractivity contribution in [1.29, 1.82) is 0 Å². The number of urea groups is 1. The minimum atomic E-state index is -0.0507. The van der Waals surface area contributed by atoms with Gasteiger partial charge in [0.15, 0.2) is 0 Å². The van der Waals surface area contributed by atoms with Crippen molar-refractivity contribution in [1.82, 2.24) is 10.2 Å². The van der Waals surface area contributed by atoms with E-state index in [9.17, 15) is 4.79 Å². The van der Waals surface area contributed by atoms with Crippen LogP contribution in [0.4, 0.5) is 4.79 Å². The van der Waals surface area contributed by atoms with Crippen LogP contribution in [0.15, 0.2) is 30.3 Å². The van der Waals surface area contributed by atoms with E-state index in [0.717, 1.165) is 31.7 Å². The molecule has 0 spiro atoms. The van der Waals surface area contributed by atoms with Crippen LogP contribution in [-0.2, 0) is 16.1 Å². The summed E-state index contributed by atoms with van der Waals surface area (Å²) in [5.74, 6) is 0.468. The molecule has 1 heterocycles. The van der Waals surface area contributed by atoms with Gasteiger partial charge in [-0.15, -0.1) is 0 Å². The van der Waals surface area contributed by atoms with E-state index in [0.29, 0.717) is 25.7 Å². The third kappa shape index (κ3) is 5.73. The Kier molecular flexibility index (Phi) is 6.50. The van der Waals surface area contributed by atoms with Gasteiger partial charge in [-0.05, 0) is 12.0 Å². The summed E-state index contributed by atoms with van der Waals surface area (Å²) in [4.78, 5) is 13.6. The van der Waals surface area contributed by atoms with E-state index in [1.807, 2.05) is 37.4 Å². The Bertz CT molecular complexity index is 419. The van der Waals surface area contributed by atoms with Gasteiger partial charge in [0, 0.05) is 32.7 Å². The molecule has 1 aliphatic heterocycles. The van der Waals surface area contributed by atoms with E-state index in [1.165, 1.54) is 0 Å². The largest absolute Gasteiger partial charge is 0.381 e. The highest BCUT2D eigenvalue weighted by Crippen LogP contribution is 2.13. The van der Waals surface area contributed by atoms with Gasteiger partial charge in [-0.3, -0.25) is 0 Å². The van der Waals surface area contributed by atoms with Crippen LogP contribution in [0.1, 0.15) is 12.0 Å². The molecule has 0 unspecified atom stereocenters. The first-order chi connectivity index (χ1) is 10.3. The van der Waals surface area contributed by atoms with E-state index >= 15 is 0 Å². The topological polar surface area (TPSA) is 50.8 Å². The average molecular weight is 292 g/mol. The number of carbonyl (C=O) groups excluding carboxylic acids is 1. The number of hydrogen-bond donors (Lipinski definition) is 1. The molecule has 1 fully saturated rings. The van der Waals surface area contributed by atoms with Gasteiger partial charge in [-0.1, -0.05) is 30.3 Å². The first-order valence-corrected chi connectivity index (χ1v) is 7.44. The second kappa shape index (κ2) is 8.64. The van der Waals surface area contributed by atoms with Gasteiger partial charge in [0.05, 0.1) is 19.8 Å². The number of ether oxygens (including phenoxy) is 2. The molecular formula is C16H24N2O3. The van der Waals surface area contributed by atoms with Crippen LogP contribution < -0.4 is 5.32 Å². The van der Waals surface area contributed by atoms with Gasteiger partial charge >= 0.3 is 6.03 Å². The summed E-state index contributed by atoms with van der Waals surface area (Å²) in [7, 11) is 1.82. The third-order valence-electron chi connectivity index (χ3n) is 3.54. The third-order valence-corrected chi connectivity index (χ3v) is 3.54. The number of rotatable bonds is 7. The number of amides is 2. The quantitative estimate of drug-likeness (QED) is 0.781. The molecule has 0 aromatic heterocycles. The zero-order valence-electron chi connectivity index (χ0n) is 12.6. The van der Waals surface area contributed by atoms with Crippen molar-refractivity contribution in [3.63, 3.8) is 0 Å². The molecular weight excluding hydrogens is 268 g/mol. The zero-order chi connectivity index (χ0) is 14.9. The number of carbonyl (C=O) groups is 1. The van der Waals surface area contributed by atoms with Crippen molar-refractivity contribution >= 4 is 6.03 Å². The van der Waals surface area contributed by atoms with Gasteiger partial charge < -0.3 is 19.7 Å². The standard InChI is InChI=1S/C16H24N2O3/c1-18(11-15-7-9-20-13-15)16(19)17-8-10-21-12-14-5-3-2-4-6-14/h2-6,15H,7-13H2,1H3,(H,17,19)/t15-/m1/s1. The zero-order valence-corrected chi connectivity index (χ0v) is 12.6. The first kappa shape index (κ1) is 15.8. The van der Waals surface area contributed by atoms with E-state index in [2.05, 4.69) is 5.32 Å². The van der Waals surface area contributed by atoms with Gasteiger partial charge in [0.2, 0.25) is 0 Å². The lowest BCUT2D eigenvalue weighted by Crippen LogP contribution is -2.41. The van der Waals surface area contributed by atoms with Crippen molar-refractivity contribution in [3.05, 3.63) is 35.9 Å². The molecule has 1 saturated heterocycles. The fraction of sp³-hybridized carbons (Fsp3) is 0.562. The molecule has 2 amide bonds. The highest BCUT2D eigenvalue weighted by Gasteiger charge is 2.19. The summed E-state index contributed by atoms with van der Waals surface area (Å²) in [6.45, 7) is 3.94. The Morgan fingerprint density at radius 3 is 2.95 bits per heavy atom. The maximum absolute atomic E-state index is 11.9. The monoisotopic (exact) mass is 292 g/mol. The summed E-state index contributed by atoms with van der Waals surface area (Å²) in [5, 5.41) is 2.86. The van der Waals surface area contributed by atoms with Crippen LogP contribution in [0.3, 0.4) is 0 Å². The lowest BCUT2D eigenvalue weighted by atomic mass is 10.1. The Balaban J connectivity index is 1.54. The molecule has 1 aromatic carbocycles. The van der Waals surface area contributed by atoms with Gasteiger partial charge in [0.25, 0.3) is 0 Å². The molecule has 2 rings (SSSR count). The first-order valence-electron chi connectivity index (χ1n) is 7.44. The van der Waals surface area contributed by atoms with Gasteiger partial charge in [0.1, 0.15) is 0 Å². The van der Waals surface area contributed by atoms with E-state index in [1.54, 1.807) is 4.90 Å². The summed E-state index contributed by atoms with van der Waals surface area (Å²) >= 11 is 0. The summed E-state index contributed by atoms with van der Waals surface area (Å²) < 4.78 is 10.8. The van der Waals surface area contributed by atoms with Crippen molar-refractivity contribution < 1.29 is 14.3 Å². The fourth-order valence-corrected chi connectivity index (χ4v) is 2.33. The average Bonchev–Trinajstić information content (AvgIpc) is 3.00. The maximum Gasteiger partial charge on any atom is 0.317 e. The summed E-state index contributed by atoms with van der Waals surface area (Å²) in [6, 6.07) is 9.95. The molecule has 1 aliphatic rings. The van der Waals surface area contributed by atoms with Crippen molar-refractivity contribution in [2.45, 2.75) is 13.0 Å². The maximum atomic E-state index is 11.9. The molecule has 0 aliphatic carbocycles. The smallest absolute Gasteiger partial charge is 0.317 e. The second-order valence-electron chi connectivity index (χ2n) is 5.38. The van der Waals surface area contributed by atoms with Crippen molar-refractivity contribution in [2.75, 3.05) is 40.0 Å². The lowest BCUT2D eigenvalue weighted by Gasteiger charge is -2.20. The minimum Gasteiger partial charge on any atom is -0.381 e. The molecule has 1 atom stereocenters. The second-order valence-corrected chi connectivity index (χ2v) is 5.38. The van der Waals surface area contributed by atoms with E-state index in [4.69, 9.17) is 9.47 Å². The van der Waals surface area contributed by atoms with Crippen LogP contribution >= 0.6 is 0 Å². The van der Waals surface area contributed by atoms with Crippen LogP contribution in [0.2, 0.25) is 0 Å². The van der Waals surface area contributed by atoms with Crippen LogP contribution in [0.25, 0.3) is 0 Å². The van der Waals surface area contributed by atoms with Crippen molar-refractivity contribution in [3.8, 4) is 0 Å². The van der Waals surface area contributed by atoms with Gasteiger partial charge in [-0.2, -0.15) is 0 Å². The van der Waals surface area contributed by atoms with Crippen LogP contribution in [0.5, 0.6) is 0 Å². The fourth-order valence-electron chi connectivity index (χ4n) is 2.33. The summed E-state index contributed by atoms with van der Waals surface area (Å²) in [6.07, 6.45) is 1.04. The molecule has 1 aromatic rings. The summed E-state index contributed by atoms with van der Waals surface area (Å²) in [5.41, 5.74) is 1.14. The SMILES string of the molecule is CN(C[C@H]1CCOC1)C(=O)NCCOCc1ccccc1. The van der Waals surface area contributed by atoms with E-state index in [-0.39, 0.29) is 6.03 Å². The Morgan fingerprint density at radius 1 is 1.43 bits per heavy atom. The molecule has 1 N–H and O–H groups in total. The van der Waals surface area contributed by atoms with Crippen molar-refractivity contribution in [2.24, 2.45) is 5.92 Å². The number of hydrogen-bond acceptors (Lipinski definition) is 3. The van der Waals surface area contributed by atoms with Crippen LogP contribution in [0, 0.1) is 5.92 Å². The highest BCUT2D eigenvalue weighted by molar-refractivity contribution is 5.73. The Morgan fingerprint density at radius 2 is 2.24 bits per heavy atom. The molecule has 0 saturated carbocycles. The minimum absolute atomic E-state index is 0.0507. The van der Waals surface area contributed by atoms with Crippen LogP contribution in [-0.4, -0.2) is 50.9 Å². The molecule has 116 valence electrons. The van der Waals surface area contributed by atoms with E-state index < -0.39 is 0 Å². The molecule has 0 bridgehead atoms. The normalized spacial score (nSPS) is 17.7. The molecule has 21 heavy (non-hydrogen) atoms.